The Bertz CT molecular complexity index is 902. The topological polar surface area (TPSA) is 73.4 Å². The van der Waals surface area contributed by atoms with Gasteiger partial charge in [0.2, 0.25) is 0 Å². The summed E-state index contributed by atoms with van der Waals surface area (Å²) in [5.74, 6) is 1.67. The lowest BCUT2D eigenvalue weighted by atomic mass is 10.2. The van der Waals surface area contributed by atoms with Crippen molar-refractivity contribution >= 4 is 17.0 Å². The third kappa shape index (κ3) is 3.42. The van der Waals surface area contributed by atoms with E-state index in [0.717, 1.165) is 23.0 Å². The van der Waals surface area contributed by atoms with Crippen LogP contribution in [0.15, 0.2) is 36.4 Å². The van der Waals surface area contributed by atoms with Crippen molar-refractivity contribution in [3.05, 3.63) is 42.0 Å². The van der Waals surface area contributed by atoms with E-state index in [1.165, 1.54) is 7.11 Å². The summed E-state index contributed by atoms with van der Waals surface area (Å²) in [5, 5.41) is 0. The molecule has 0 amide bonds. The van der Waals surface area contributed by atoms with Crippen LogP contribution in [0.1, 0.15) is 23.7 Å². The SMILES string of the molecule is CCCOc1ccc(-c2nc3ccc(C(=O)OC)cc3[nH]2)cc1OC. The van der Waals surface area contributed by atoms with E-state index in [9.17, 15) is 4.79 Å². The molecule has 25 heavy (non-hydrogen) atoms. The number of nitrogens with one attached hydrogen (secondary N) is 1. The number of fused-ring (bicyclic) bond motifs is 1. The maximum absolute atomic E-state index is 11.7. The lowest BCUT2D eigenvalue weighted by Crippen LogP contribution is -2.00. The summed E-state index contributed by atoms with van der Waals surface area (Å²) in [6.45, 7) is 2.69. The molecule has 0 atom stereocenters. The fourth-order valence-corrected chi connectivity index (χ4v) is 2.54. The summed E-state index contributed by atoms with van der Waals surface area (Å²) >= 11 is 0. The quantitative estimate of drug-likeness (QED) is 0.691. The van der Waals surface area contributed by atoms with Crippen molar-refractivity contribution in [3.8, 4) is 22.9 Å². The predicted molar refractivity (Wildman–Crippen MR) is 95.2 cm³/mol. The summed E-state index contributed by atoms with van der Waals surface area (Å²) < 4.78 is 15.8. The monoisotopic (exact) mass is 340 g/mol. The highest BCUT2D eigenvalue weighted by molar-refractivity contribution is 5.94. The molecular formula is C19H20N2O4. The Balaban J connectivity index is 1.97. The number of imidazole rings is 1. The Morgan fingerprint density at radius 3 is 2.68 bits per heavy atom. The average molecular weight is 340 g/mol. The molecule has 1 aromatic heterocycles. The zero-order valence-corrected chi connectivity index (χ0v) is 14.5. The van der Waals surface area contributed by atoms with E-state index in [1.54, 1.807) is 25.3 Å². The minimum absolute atomic E-state index is 0.378. The summed E-state index contributed by atoms with van der Waals surface area (Å²) in [7, 11) is 2.97. The normalized spacial score (nSPS) is 10.7. The van der Waals surface area contributed by atoms with E-state index < -0.39 is 0 Å². The minimum Gasteiger partial charge on any atom is -0.493 e. The first-order chi connectivity index (χ1) is 12.2. The molecule has 6 heteroatoms. The van der Waals surface area contributed by atoms with Crippen molar-refractivity contribution in [1.82, 2.24) is 9.97 Å². The lowest BCUT2D eigenvalue weighted by Gasteiger charge is -2.10. The third-order valence-electron chi connectivity index (χ3n) is 3.80. The van der Waals surface area contributed by atoms with Gasteiger partial charge < -0.3 is 19.2 Å². The second-order valence-electron chi connectivity index (χ2n) is 5.52. The average Bonchev–Trinajstić information content (AvgIpc) is 3.08. The largest absolute Gasteiger partial charge is 0.493 e. The Morgan fingerprint density at radius 2 is 1.96 bits per heavy atom. The highest BCUT2D eigenvalue weighted by Crippen LogP contribution is 2.32. The molecule has 0 fully saturated rings. The summed E-state index contributed by atoms with van der Waals surface area (Å²) in [6.07, 6.45) is 0.928. The van der Waals surface area contributed by atoms with Crippen LogP contribution >= 0.6 is 0 Å². The second kappa shape index (κ2) is 7.25. The van der Waals surface area contributed by atoms with Crippen molar-refractivity contribution in [2.45, 2.75) is 13.3 Å². The molecule has 3 rings (SSSR count). The number of hydrogen-bond donors (Lipinski definition) is 1. The van der Waals surface area contributed by atoms with E-state index in [1.807, 2.05) is 18.2 Å². The Hall–Kier alpha value is -3.02. The van der Waals surface area contributed by atoms with Gasteiger partial charge in [-0.15, -0.1) is 0 Å². The summed E-state index contributed by atoms with van der Waals surface area (Å²) in [4.78, 5) is 19.5. The van der Waals surface area contributed by atoms with Gasteiger partial charge in [0.1, 0.15) is 5.82 Å². The maximum atomic E-state index is 11.7. The highest BCUT2D eigenvalue weighted by Gasteiger charge is 2.12. The van der Waals surface area contributed by atoms with Crippen LogP contribution in [0, 0.1) is 0 Å². The molecule has 6 nitrogen and oxygen atoms in total. The van der Waals surface area contributed by atoms with Crippen molar-refractivity contribution < 1.29 is 19.0 Å². The number of aromatic nitrogens is 2. The fraction of sp³-hybridized carbons (Fsp3) is 0.263. The van der Waals surface area contributed by atoms with E-state index in [-0.39, 0.29) is 5.97 Å². The Kier molecular flexibility index (Phi) is 4.88. The number of H-pyrrole nitrogens is 1. The number of rotatable bonds is 6. The third-order valence-corrected chi connectivity index (χ3v) is 3.80. The van der Waals surface area contributed by atoms with E-state index >= 15 is 0 Å². The standard InChI is InChI=1S/C19H20N2O4/c1-4-9-25-16-8-6-12(11-17(16)23-2)18-20-14-7-5-13(19(22)24-3)10-15(14)21-18/h5-8,10-11H,4,9H2,1-3H3,(H,20,21). The zero-order chi connectivity index (χ0) is 17.8. The van der Waals surface area contributed by atoms with E-state index in [0.29, 0.717) is 29.5 Å². The fourth-order valence-electron chi connectivity index (χ4n) is 2.54. The molecule has 0 bridgehead atoms. The molecule has 2 aromatic carbocycles. The first-order valence-electron chi connectivity index (χ1n) is 8.05. The summed E-state index contributed by atoms with van der Waals surface area (Å²) in [6, 6.07) is 10.9. The molecule has 1 heterocycles. The number of esters is 1. The molecule has 0 aliphatic rings. The molecule has 0 unspecified atom stereocenters. The van der Waals surface area contributed by atoms with Crippen LogP contribution < -0.4 is 9.47 Å². The van der Waals surface area contributed by atoms with Gasteiger partial charge in [0.05, 0.1) is 37.4 Å². The summed E-state index contributed by atoms with van der Waals surface area (Å²) in [5.41, 5.74) is 2.89. The number of hydrogen-bond acceptors (Lipinski definition) is 5. The molecule has 3 aromatic rings. The number of aromatic amines is 1. The molecule has 0 radical (unpaired) electrons. The Morgan fingerprint density at radius 1 is 1.12 bits per heavy atom. The highest BCUT2D eigenvalue weighted by atomic mass is 16.5. The maximum Gasteiger partial charge on any atom is 0.337 e. The van der Waals surface area contributed by atoms with Gasteiger partial charge in [0.25, 0.3) is 0 Å². The van der Waals surface area contributed by atoms with Gasteiger partial charge in [0.15, 0.2) is 11.5 Å². The van der Waals surface area contributed by atoms with Gasteiger partial charge in [0, 0.05) is 5.56 Å². The number of ether oxygens (including phenoxy) is 3. The molecule has 0 saturated carbocycles. The molecule has 1 N–H and O–H groups in total. The van der Waals surface area contributed by atoms with E-state index in [4.69, 9.17) is 14.2 Å². The first-order valence-corrected chi connectivity index (χ1v) is 8.05. The number of carbonyl (C=O) groups is 1. The molecular weight excluding hydrogens is 320 g/mol. The molecule has 0 aliphatic heterocycles. The molecule has 0 aliphatic carbocycles. The number of carbonyl (C=O) groups excluding carboxylic acids is 1. The van der Waals surface area contributed by atoms with Crippen molar-refractivity contribution in [1.29, 1.82) is 0 Å². The van der Waals surface area contributed by atoms with Crippen molar-refractivity contribution in [3.63, 3.8) is 0 Å². The van der Waals surface area contributed by atoms with Crippen LogP contribution in [0.25, 0.3) is 22.4 Å². The van der Waals surface area contributed by atoms with E-state index in [2.05, 4.69) is 16.9 Å². The van der Waals surface area contributed by atoms with Gasteiger partial charge in [-0.2, -0.15) is 0 Å². The van der Waals surface area contributed by atoms with Crippen LogP contribution in [0.3, 0.4) is 0 Å². The Labute approximate surface area is 145 Å². The second-order valence-corrected chi connectivity index (χ2v) is 5.52. The molecule has 0 spiro atoms. The van der Waals surface area contributed by atoms with Crippen molar-refractivity contribution in [2.24, 2.45) is 0 Å². The number of nitrogens with zero attached hydrogens (tertiary/aromatic N) is 1. The van der Waals surface area contributed by atoms with Crippen LogP contribution in [0.5, 0.6) is 11.5 Å². The van der Waals surface area contributed by atoms with Gasteiger partial charge in [-0.1, -0.05) is 6.92 Å². The van der Waals surface area contributed by atoms with Gasteiger partial charge in [-0.05, 0) is 42.8 Å². The molecule has 0 saturated heterocycles. The first kappa shape index (κ1) is 16.8. The lowest BCUT2D eigenvalue weighted by molar-refractivity contribution is 0.0601. The smallest absolute Gasteiger partial charge is 0.337 e. The zero-order valence-electron chi connectivity index (χ0n) is 14.5. The van der Waals surface area contributed by atoms with Gasteiger partial charge in [-0.25, -0.2) is 9.78 Å². The number of benzene rings is 2. The van der Waals surface area contributed by atoms with Crippen molar-refractivity contribution in [2.75, 3.05) is 20.8 Å². The van der Waals surface area contributed by atoms with Gasteiger partial charge >= 0.3 is 5.97 Å². The minimum atomic E-state index is -0.378. The van der Waals surface area contributed by atoms with Gasteiger partial charge in [-0.3, -0.25) is 0 Å². The van der Waals surface area contributed by atoms with Crippen LogP contribution in [-0.4, -0.2) is 36.8 Å². The van der Waals surface area contributed by atoms with Crippen LogP contribution in [-0.2, 0) is 4.74 Å². The predicted octanol–water partition coefficient (Wildman–Crippen LogP) is 3.81. The number of methoxy groups -OCH3 is 2. The molecule has 130 valence electrons. The van der Waals surface area contributed by atoms with Crippen LogP contribution in [0.4, 0.5) is 0 Å². The van der Waals surface area contributed by atoms with Crippen LogP contribution in [0.2, 0.25) is 0 Å².